The molecule has 7 nitrogen and oxygen atoms in total. The Labute approximate surface area is 203 Å². The minimum Gasteiger partial charge on any atom is -0.385 e. The zero-order valence-electron chi connectivity index (χ0n) is 20.1. The lowest BCUT2D eigenvalue weighted by Gasteiger charge is -2.28. The zero-order chi connectivity index (χ0) is 23.2. The summed E-state index contributed by atoms with van der Waals surface area (Å²) in [5, 5.41) is 4.36. The van der Waals surface area contributed by atoms with Gasteiger partial charge in [-0.2, -0.15) is 0 Å². The van der Waals surface area contributed by atoms with Gasteiger partial charge in [-0.1, -0.05) is 6.07 Å². The second-order valence-corrected chi connectivity index (χ2v) is 9.34. The Kier molecular flexibility index (Phi) is 8.35. The van der Waals surface area contributed by atoms with Gasteiger partial charge in [0.25, 0.3) is 0 Å². The summed E-state index contributed by atoms with van der Waals surface area (Å²) in [6.45, 7) is 12.0. The molecule has 4 heterocycles. The van der Waals surface area contributed by atoms with Gasteiger partial charge < -0.3 is 24.3 Å². The normalized spacial score (nSPS) is 21.5. The molecule has 2 aliphatic rings. The van der Waals surface area contributed by atoms with Crippen LogP contribution in [0.15, 0.2) is 30.5 Å². The summed E-state index contributed by atoms with van der Waals surface area (Å²) >= 11 is 5.79. The minimum absolute atomic E-state index is 0.0311. The number of methoxy groups -OCH3 is 1. The molecule has 1 N–H and O–H groups in total. The van der Waals surface area contributed by atoms with Crippen LogP contribution in [0.5, 0.6) is 0 Å². The van der Waals surface area contributed by atoms with Crippen molar-refractivity contribution in [1.29, 1.82) is 0 Å². The highest BCUT2D eigenvalue weighted by Gasteiger charge is 2.41. The molecule has 8 heteroatoms. The maximum Gasteiger partial charge on any atom is 0.170 e. The first-order chi connectivity index (χ1) is 16.1. The molecule has 180 valence electrons. The molecule has 0 saturated carbocycles. The molecule has 2 atom stereocenters. The first-order valence-corrected chi connectivity index (χ1v) is 12.4. The van der Waals surface area contributed by atoms with Crippen molar-refractivity contribution in [2.75, 3.05) is 53.1 Å². The molecule has 2 aromatic rings. The van der Waals surface area contributed by atoms with Crippen molar-refractivity contribution in [2.24, 2.45) is 0 Å². The molecule has 2 aliphatic heterocycles. The van der Waals surface area contributed by atoms with Crippen LogP contribution < -0.4 is 5.32 Å². The van der Waals surface area contributed by atoms with Gasteiger partial charge in [0, 0.05) is 64.0 Å². The summed E-state index contributed by atoms with van der Waals surface area (Å²) in [6, 6.07) is 8.60. The van der Waals surface area contributed by atoms with Crippen molar-refractivity contribution in [3.63, 3.8) is 0 Å². The van der Waals surface area contributed by atoms with E-state index in [2.05, 4.69) is 50.6 Å². The summed E-state index contributed by atoms with van der Waals surface area (Å²) in [7, 11) is 1.75. The largest absolute Gasteiger partial charge is 0.385 e. The van der Waals surface area contributed by atoms with E-state index in [1.165, 1.54) is 17.0 Å². The predicted octanol–water partition coefficient (Wildman–Crippen LogP) is 3.23. The van der Waals surface area contributed by atoms with Gasteiger partial charge in [-0.3, -0.25) is 9.88 Å². The molecule has 0 amide bonds. The molecule has 0 spiro atoms. The number of aryl methyl sites for hydroxylation is 1. The molecular weight excluding hydrogens is 434 g/mol. The van der Waals surface area contributed by atoms with E-state index in [0.29, 0.717) is 0 Å². The van der Waals surface area contributed by atoms with Crippen LogP contribution in [0.3, 0.4) is 0 Å². The monoisotopic (exact) mass is 471 g/mol. The summed E-state index contributed by atoms with van der Waals surface area (Å²) in [4.78, 5) is 9.50. The lowest BCUT2D eigenvalue weighted by atomic mass is 9.96. The van der Waals surface area contributed by atoms with E-state index in [1.54, 1.807) is 7.11 Å². The Morgan fingerprint density at radius 2 is 1.97 bits per heavy atom. The highest BCUT2D eigenvalue weighted by Crippen LogP contribution is 2.40. The third kappa shape index (κ3) is 5.57. The molecule has 2 saturated heterocycles. The van der Waals surface area contributed by atoms with Crippen LogP contribution in [-0.4, -0.2) is 77.6 Å². The first kappa shape index (κ1) is 24.1. The minimum atomic E-state index is 0.0311. The molecule has 2 fully saturated rings. The van der Waals surface area contributed by atoms with Crippen molar-refractivity contribution >= 4 is 17.3 Å². The number of aromatic nitrogens is 2. The van der Waals surface area contributed by atoms with Gasteiger partial charge in [0.1, 0.15) is 0 Å². The first-order valence-electron chi connectivity index (χ1n) is 12.0. The molecule has 33 heavy (non-hydrogen) atoms. The molecule has 0 bridgehead atoms. The van der Waals surface area contributed by atoms with Gasteiger partial charge >= 0.3 is 0 Å². The van der Waals surface area contributed by atoms with Gasteiger partial charge in [0.15, 0.2) is 5.11 Å². The van der Waals surface area contributed by atoms with Crippen LogP contribution in [0.1, 0.15) is 47.6 Å². The average Bonchev–Trinajstić information content (AvgIpc) is 3.31. The number of nitrogens with zero attached hydrogens (tertiary/aromatic N) is 4. The van der Waals surface area contributed by atoms with Crippen molar-refractivity contribution in [3.05, 3.63) is 53.1 Å². The number of ether oxygens (including phenoxy) is 2. The van der Waals surface area contributed by atoms with E-state index in [1.807, 2.05) is 18.3 Å². The van der Waals surface area contributed by atoms with Gasteiger partial charge in [0.2, 0.25) is 0 Å². The predicted molar refractivity (Wildman–Crippen MR) is 134 cm³/mol. The van der Waals surface area contributed by atoms with E-state index < -0.39 is 0 Å². The summed E-state index contributed by atoms with van der Waals surface area (Å²) in [5.41, 5.74) is 4.98. The Balaban J connectivity index is 1.56. The van der Waals surface area contributed by atoms with Crippen LogP contribution in [0.4, 0.5) is 0 Å². The standard InChI is InChI=1S/C25H37N5O2S/c1-19-18-21(20(2)29(19)11-6-10-28-13-16-32-17-14-28)24-23(22-8-4-5-9-26-22)27-25(33)30(24)12-7-15-31-3/h4-5,8-9,18,23-24H,6-7,10-17H2,1-3H3,(H,27,33)/t23-,24-/m1/s1. The highest BCUT2D eigenvalue weighted by molar-refractivity contribution is 7.80. The van der Waals surface area contributed by atoms with Gasteiger partial charge in [-0.25, -0.2) is 0 Å². The van der Waals surface area contributed by atoms with E-state index >= 15 is 0 Å². The third-order valence-electron chi connectivity index (χ3n) is 6.84. The van der Waals surface area contributed by atoms with Crippen molar-refractivity contribution in [1.82, 2.24) is 24.7 Å². The van der Waals surface area contributed by atoms with E-state index in [9.17, 15) is 0 Å². The maximum absolute atomic E-state index is 5.79. The number of thiocarbonyl (C=S) groups is 1. The van der Waals surface area contributed by atoms with Crippen LogP contribution in [0.2, 0.25) is 0 Å². The maximum atomic E-state index is 5.79. The molecular formula is C25H37N5O2S. The van der Waals surface area contributed by atoms with Crippen LogP contribution in [-0.2, 0) is 16.0 Å². The number of pyridine rings is 1. The van der Waals surface area contributed by atoms with E-state index in [4.69, 9.17) is 21.7 Å². The summed E-state index contributed by atoms with van der Waals surface area (Å²) in [5.74, 6) is 0. The Morgan fingerprint density at radius 1 is 1.15 bits per heavy atom. The number of hydrogen-bond acceptors (Lipinski definition) is 5. The van der Waals surface area contributed by atoms with Crippen LogP contribution in [0, 0.1) is 13.8 Å². The van der Waals surface area contributed by atoms with Crippen LogP contribution >= 0.6 is 12.2 Å². The van der Waals surface area contributed by atoms with Crippen LogP contribution in [0.25, 0.3) is 0 Å². The summed E-state index contributed by atoms with van der Waals surface area (Å²) < 4.78 is 13.3. The molecule has 4 rings (SSSR count). The molecule has 0 aromatic carbocycles. The topological polar surface area (TPSA) is 54.8 Å². The van der Waals surface area contributed by atoms with Gasteiger partial charge in [-0.15, -0.1) is 0 Å². The average molecular weight is 472 g/mol. The fourth-order valence-electron chi connectivity index (χ4n) is 5.11. The Hall–Kier alpha value is -2.00. The fraction of sp³-hybridized carbons (Fsp3) is 0.600. The highest BCUT2D eigenvalue weighted by atomic mass is 32.1. The number of morpholine rings is 1. The lowest BCUT2D eigenvalue weighted by Crippen LogP contribution is -2.37. The van der Waals surface area contributed by atoms with E-state index in [-0.39, 0.29) is 12.1 Å². The smallest absolute Gasteiger partial charge is 0.170 e. The lowest BCUT2D eigenvalue weighted by molar-refractivity contribution is 0.0369. The number of rotatable bonds is 10. The van der Waals surface area contributed by atoms with Crippen molar-refractivity contribution < 1.29 is 9.47 Å². The molecule has 0 unspecified atom stereocenters. The zero-order valence-corrected chi connectivity index (χ0v) is 20.9. The number of hydrogen-bond donors (Lipinski definition) is 1. The third-order valence-corrected chi connectivity index (χ3v) is 7.19. The molecule has 0 aliphatic carbocycles. The van der Waals surface area contributed by atoms with E-state index in [0.717, 1.165) is 76.2 Å². The fourth-order valence-corrected chi connectivity index (χ4v) is 5.44. The van der Waals surface area contributed by atoms with Gasteiger partial charge in [0.05, 0.1) is 31.0 Å². The van der Waals surface area contributed by atoms with Gasteiger partial charge in [-0.05, 0) is 62.7 Å². The molecule has 0 radical (unpaired) electrons. The molecule has 2 aromatic heterocycles. The second-order valence-electron chi connectivity index (χ2n) is 8.95. The SMILES string of the molecule is COCCCN1C(=S)N[C@H](c2ccccn2)[C@H]1c1cc(C)n(CCCN2CCOCC2)c1C. The van der Waals surface area contributed by atoms with Crippen molar-refractivity contribution in [3.8, 4) is 0 Å². The van der Waals surface area contributed by atoms with Crippen molar-refractivity contribution in [2.45, 2.75) is 45.3 Å². The Morgan fingerprint density at radius 3 is 2.70 bits per heavy atom. The summed E-state index contributed by atoms with van der Waals surface area (Å²) in [6.07, 6.45) is 3.93. The Bertz CT molecular complexity index is 913. The quantitative estimate of drug-likeness (QED) is 0.422. The second kappa shape index (κ2) is 11.4. The number of nitrogens with one attached hydrogen (secondary N) is 1.